The van der Waals surface area contributed by atoms with Crippen LogP contribution < -0.4 is 0 Å². The van der Waals surface area contributed by atoms with Gasteiger partial charge in [-0.15, -0.1) is 0 Å². The van der Waals surface area contributed by atoms with Gasteiger partial charge in [-0.2, -0.15) is 0 Å². The molecule has 2 heterocycles. The number of methoxy groups -OCH3 is 1. The van der Waals surface area contributed by atoms with E-state index in [1.807, 2.05) is 35.0 Å². The first-order valence-electron chi connectivity index (χ1n) is 8.25. The molecular formula is C18H22N2O5. The van der Waals surface area contributed by atoms with Crippen LogP contribution in [-0.4, -0.2) is 65.5 Å². The first-order chi connectivity index (χ1) is 12.0. The molecule has 1 aliphatic rings. The van der Waals surface area contributed by atoms with Crippen molar-refractivity contribution in [1.29, 1.82) is 0 Å². The Labute approximate surface area is 145 Å². The van der Waals surface area contributed by atoms with Crippen LogP contribution in [0.5, 0.6) is 0 Å². The number of aromatic nitrogens is 1. The predicted octanol–water partition coefficient (Wildman–Crippen LogP) is 1.60. The van der Waals surface area contributed by atoms with Gasteiger partial charge >= 0.3 is 5.97 Å². The Bertz CT molecular complexity index is 785. The molecule has 2 aromatic rings. The van der Waals surface area contributed by atoms with Gasteiger partial charge in [-0.1, -0.05) is 18.2 Å². The number of hydrogen-bond donors (Lipinski definition) is 1. The smallest absolute Gasteiger partial charge is 0.334 e. The van der Waals surface area contributed by atoms with E-state index in [9.17, 15) is 14.7 Å². The summed E-state index contributed by atoms with van der Waals surface area (Å²) < 4.78 is 12.5. The zero-order valence-electron chi connectivity index (χ0n) is 14.3. The second kappa shape index (κ2) is 7.25. The largest absolute Gasteiger partial charge is 0.479 e. The fraction of sp³-hybridized carbons (Fsp3) is 0.444. The molecule has 3 rings (SSSR count). The molecule has 25 heavy (non-hydrogen) atoms. The van der Waals surface area contributed by atoms with Gasteiger partial charge in [-0.3, -0.25) is 4.79 Å². The molecule has 1 aromatic carbocycles. The van der Waals surface area contributed by atoms with Crippen LogP contribution in [0.4, 0.5) is 0 Å². The summed E-state index contributed by atoms with van der Waals surface area (Å²) in [6.07, 6.45) is 0.511. The van der Waals surface area contributed by atoms with E-state index in [2.05, 4.69) is 0 Å². The van der Waals surface area contributed by atoms with Gasteiger partial charge in [0.15, 0.2) is 6.10 Å². The van der Waals surface area contributed by atoms with Crippen molar-refractivity contribution in [3.63, 3.8) is 0 Å². The second-order valence-electron chi connectivity index (χ2n) is 6.23. The second-order valence-corrected chi connectivity index (χ2v) is 6.23. The molecule has 1 saturated heterocycles. The van der Waals surface area contributed by atoms with Gasteiger partial charge in [0.05, 0.1) is 24.8 Å². The SMILES string of the molecule is COCCn1cc(C(=O)N2CC(C(=O)O)O[C@H](C)C2)c2ccccc21. The fourth-order valence-electron chi connectivity index (χ4n) is 3.22. The zero-order chi connectivity index (χ0) is 18.0. The Kier molecular flexibility index (Phi) is 5.06. The summed E-state index contributed by atoms with van der Waals surface area (Å²) in [6.45, 7) is 3.39. The number of amides is 1. The number of carbonyl (C=O) groups excluding carboxylic acids is 1. The van der Waals surface area contributed by atoms with Crippen molar-refractivity contribution >= 4 is 22.8 Å². The summed E-state index contributed by atoms with van der Waals surface area (Å²) in [5.74, 6) is -1.22. The lowest BCUT2D eigenvalue weighted by atomic mass is 10.1. The molecular weight excluding hydrogens is 324 g/mol. The van der Waals surface area contributed by atoms with Gasteiger partial charge in [0.1, 0.15) is 0 Å². The van der Waals surface area contributed by atoms with Crippen molar-refractivity contribution < 1.29 is 24.2 Å². The van der Waals surface area contributed by atoms with E-state index >= 15 is 0 Å². The Morgan fingerprint density at radius 3 is 2.80 bits per heavy atom. The van der Waals surface area contributed by atoms with Crippen molar-refractivity contribution in [2.75, 3.05) is 26.8 Å². The van der Waals surface area contributed by atoms with E-state index in [1.165, 1.54) is 0 Å². The third-order valence-corrected chi connectivity index (χ3v) is 4.38. The molecule has 2 atom stereocenters. The summed E-state index contributed by atoms with van der Waals surface area (Å²) in [4.78, 5) is 25.9. The third kappa shape index (κ3) is 3.52. The molecule has 1 amide bonds. The first kappa shape index (κ1) is 17.4. The number of carbonyl (C=O) groups is 2. The van der Waals surface area contributed by atoms with Gasteiger partial charge in [0.2, 0.25) is 0 Å². The molecule has 7 heteroatoms. The van der Waals surface area contributed by atoms with Crippen LogP contribution in [0.2, 0.25) is 0 Å². The lowest BCUT2D eigenvalue weighted by molar-refractivity contribution is -0.160. The van der Waals surface area contributed by atoms with E-state index in [-0.39, 0.29) is 18.6 Å². The van der Waals surface area contributed by atoms with Crippen LogP contribution in [0.25, 0.3) is 10.9 Å². The van der Waals surface area contributed by atoms with Crippen LogP contribution in [0.1, 0.15) is 17.3 Å². The summed E-state index contributed by atoms with van der Waals surface area (Å²) in [5.41, 5.74) is 1.53. The lowest BCUT2D eigenvalue weighted by Crippen LogP contribution is -2.51. The summed E-state index contributed by atoms with van der Waals surface area (Å²) in [6, 6.07) is 7.69. The number of carboxylic acid groups (broad SMARTS) is 1. The van der Waals surface area contributed by atoms with Crippen molar-refractivity contribution in [2.24, 2.45) is 0 Å². The highest BCUT2D eigenvalue weighted by Crippen LogP contribution is 2.24. The first-order valence-corrected chi connectivity index (χ1v) is 8.25. The Morgan fingerprint density at radius 2 is 2.08 bits per heavy atom. The van der Waals surface area contributed by atoms with Crippen LogP contribution in [0.15, 0.2) is 30.5 Å². The molecule has 0 aliphatic carbocycles. The number of nitrogens with zero attached hydrogens (tertiary/aromatic N) is 2. The highest BCUT2D eigenvalue weighted by atomic mass is 16.5. The Morgan fingerprint density at radius 1 is 1.32 bits per heavy atom. The molecule has 1 unspecified atom stereocenters. The number of ether oxygens (including phenoxy) is 2. The van der Waals surface area contributed by atoms with Gasteiger partial charge < -0.3 is 24.0 Å². The number of fused-ring (bicyclic) bond motifs is 1. The molecule has 0 spiro atoms. The van der Waals surface area contributed by atoms with Gasteiger partial charge in [-0.25, -0.2) is 4.79 Å². The van der Waals surface area contributed by atoms with E-state index in [0.717, 1.165) is 10.9 Å². The average molecular weight is 346 g/mol. The normalized spacial score (nSPS) is 20.8. The number of morpholine rings is 1. The molecule has 0 bridgehead atoms. The summed E-state index contributed by atoms with van der Waals surface area (Å²) in [7, 11) is 1.64. The number of benzene rings is 1. The van der Waals surface area contributed by atoms with E-state index in [0.29, 0.717) is 25.3 Å². The maximum absolute atomic E-state index is 13.0. The van der Waals surface area contributed by atoms with Crippen molar-refractivity contribution in [3.8, 4) is 0 Å². The van der Waals surface area contributed by atoms with Crippen molar-refractivity contribution in [1.82, 2.24) is 9.47 Å². The van der Waals surface area contributed by atoms with Crippen LogP contribution in [0.3, 0.4) is 0 Å². The Balaban J connectivity index is 1.92. The Hall–Kier alpha value is -2.38. The van der Waals surface area contributed by atoms with E-state index < -0.39 is 12.1 Å². The van der Waals surface area contributed by atoms with Gasteiger partial charge in [0.25, 0.3) is 5.91 Å². The summed E-state index contributed by atoms with van der Waals surface area (Å²) >= 11 is 0. The monoisotopic (exact) mass is 346 g/mol. The number of rotatable bonds is 5. The molecule has 1 N–H and O–H groups in total. The molecule has 7 nitrogen and oxygen atoms in total. The maximum Gasteiger partial charge on any atom is 0.334 e. The molecule has 1 fully saturated rings. The topological polar surface area (TPSA) is 81.0 Å². The quantitative estimate of drug-likeness (QED) is 0.889. The standard InChI is InChI=1S/C18H22N2O5/c1-12-9-20(11-16(25-12)18(22)23)17(21)14-10-19(7-8-24-2)15-6-4-3-5-13(14)15/h3-6,10,12,16H,7-9,11H2,1-2H3,(H,22,23)/t12-,16?/m1/s1. The van der Waals surface area contributed by atoms with Crippen molar-refractivity contribution in [2.45, 2.75) is 25.7 Å². The maximum atomic E-state index is 13.0. The fourth-order valence-corrected chi connectivity index (χ4v) is 3.22. The number of hydrogen-bond acceptors (Lipinski definition) is 4. The summed E-state index contributed by atoms with van der Waals surface area (Å²) in [5, 5.41) is 10.1. The predicted molar refractivity (Wildman–Crippen MR) is 91.7 cm³/mol. The van der Waals surface area contributed by atoms with E-state index in [4.69, 9.17) is 9.47 Å². The molecule has 0 radical (unpaired) electrons. The average Bonchev–Trinajstić information content (AvgIpc) is 2.97. The number of aliphatic carboxylic acids is 1. The van der Waals surface area contributed by atoms with Crippen molar-refractivity contribution in [3.05, 3.63) is 36.0 Å². The highest BCUT2D eigenvalue weighted by molar-refractivity contribution is 6.07. The minimum absolute atomic E-state index is 0.0517. The third-order valence-electron chi connectivity index (χ3n) is 4.38. The molecule has 0 saturated carbocycles. The molecule has 134 valence electrons. The highest BCUT2D eigenvalue weighted by Gasteiger charge is 2.33. The minimum atomic E-state index is -1.05. The van der Waals surface area contributed by atoms with Crippen LogP contribution >= 0.6 is 0 Å². The number of carboxylic acids is 1. The van der Waals surface area contributed by atoms with Gasteiger partial charge in [0, 0.05) is 37.3 Å². The zero-order valence-corrected chi connectivity index (χ0v) is 14.3. The minimum Gasteiger partial charge on any atom is -0.479 e. The van der Waals surface area contributed by atoms with Crippen LogP contribution in [-0.2, 0) is 20.8 Å². The lowest BCUT2D eigenvalue weighted by Gasteiger charge is -2.34. The molecule has 1 aromatic heterocycles. The number of para-hydroxylation sites is 1. The van der Waals surface area contributed by atoms with Gasteiger partial charge in [-0.05, 0) is 13.0 Å². The van der Waals surface area contributed by atoms with E-state index in [1.54, 1.807) is 18.9 Å². The molecule has 1 aliphatic heterocycles. The van der Waals surface area contributed by atoms with Crippen LogP contribution in [0, 0.1) is 0 Å².